The number of hydrogen-bond donors (Lipinski definition) is 0. The van der Waals surface area contributed by atoms with Gasteiger partial charge in [-0.25, -0.2) is 0 Å². The van der Waals surface area contributed by atoms with E-state index in [4.69, 9.17) is 0 Å². The molecule has 0 amide bonds. The van der Waals surface area contributed by atoms with Crippen LogP contribution in [0.15, 0.2) is 30.3 Å². The Morgan fingerprint density at radius 3 is 2.25 bits per heavy atom. The summed E-state index contributed by atoms with van der Waals surface area (Å²) in [5.41, 5.74) is 1.41. The molecule has 0 fully saturated rings. The van der Waals surface area contributed by atoms with Crippen LogP contribution in [-0.4, -0.2) is 6.16 Å². The highest BCUT2D eigenvalue weighted by atomic mass is 31.0. The van der Waals surface area contributed by atoms with E-state index < -0.39 is 0 Å². The van der Waals surface area contributed by atoms with E-state index in [1.807, 2.05) is 0 Å². The quantitative estimate of drug-likeness (QED) is 0.655. The topological polar surface area (TPSA) is 0 Å². The monoisotopic (exact) mass is 198 g/mol. The van der Waals surface area contributed by atoms with Crippen molar-refractivity contribution in [3.63, 3.8) is 0 Å². The molecule has 0 aliphatic carbocycles. The van der Waals surface area contributed by atoms with Crippen LogP contribution in [0, 0.1) is 0 Å². The van der Waals surface area contributed by atoms with Gasteiger partial charge in [0.1, 0.15) is 0 Å². The van der Waals surface area contributed by atoms with Gasteiger partial charge in [-0.05, 0) is 18.1 Å². The Hall–Kier alpha value is 0.0800. The van der Waals surface area contributed by atoms with E-state index in [0.717, 1.165) is 12.6 Å². The molecule has 0 saturated heterocycles. The summed E-state index contributed by atoms with van der Waals surface area (Å²) in [7, 11) is 5.78. The molecule has 12 heavy (non-hydrogen) atoms. The van der Waals surface area contributed by atoms with Gasteiger partial charge in [-0.3, -0.25) is 0 Å². The minimum absolute atomic E-state index is 0.256. The van der Waals surface area contributed by atoms with E-state index in [2.05, 4.69) is 55.7 Å². The molecule has 0 N–H and O–H groups in total. The third-order valence-corrected chi connectivity index (χ3v) is 4.52. The highest BCUT2D eigenvalue weighted by Gasteiger charge is 2.21. The van der Waals surface area contributed by atoms with Crippen molar-refractivity contribution in [1.82, 2.24) is 0 Å². The molecule has 0 saturated carbocycles. The first-order chi connectivity index (χ1) is 5.73. The molecule has 3 unspecified atom stereocenters. The zero-order valence-electron chi connectivity index (χ0n) is 7.46. The van der Waals surface area contributed by atoms with Crippen LogP contribution in [0.3, 0.4) is 0 Å². The number of hydrogen-bond acceptors (Lipinski definition) is 0. The molecule has 0 heterocycles. The van der Waals surface area contributed by atoms with Crippen molar-refractivity contribution in [2.45, 2.75) is 18.5 Å². The Morgan fingerprint density at radius 2 is 1.83 bits per heavy atom. The average molecular weight is 198 g/mol. The van der Waals surface area contributed by atoms with Crippen LogP contribution in [0.4, 0.5) is 0 Å². The van der Waals surface area contributed by atoms with Crippen molar-refractivity contribution >= 4 is 18.5 Å². The van der Waals surface area contributed by atoms with E-state index in [1.165, 1.54) is 5.56 Å². The average Bonchev–Trinajstić information content (AvgIpc) is 2.18. The minimum atomic E-state index is 0.256. The molecule has 0 aromatic heterocycles. The largest absolute Gasteiger partial charge is 0.136 e. The molecule has 0 radical (unpaired) electrons. The summed E-state index contributed by atoms with van der Waals surface area (Å²) in [6.07, 6.45) is 2.25. The van der Waals surface area contributed by atoms with Gasteiger partial charge in [-0.1, -0.05) is 37.3 Å². The molecular weight excluding hydrogens is 182 g/mol. The summed E-state index contributed by atoms with van der Waals surface area (Å²) >= 11 is 0. The van der Waals surface area contributed by atoms with Gasteiger partial charge in [-0.15, -0.1) is 18.5 Å². The summed E-state index contributed by atoms with van der Waals surface area (Å²) in [5, 5.41) is 0.256. The first-order valence-electron chi connectivity index (χ1n) is 4.27. The second kappa shape index (κ2) is 4.35. The summed E-state index contributed by atoms with van der Waals surface area (Å²) < 4.78 is 0. The van der Waals surface area contributed by atoms with Gasteiger partial charge in [0.15, 0.2) is 0 Å². The highest BCUT2D eigenvalue weighted by Crippen LogP contribution is 2.36. The SMILES string of the molecule is CCC(P)(CP)c1ccccc1. The van der Waals surface area contributed by atoms with Crippen LogP contribution < -0.4 is 0 Å². The highest BCUT2D eigenvalue weighted by molar-refractivity contribution is 7.23. The molecular formula is C10H16P2. The maximum atomic E-state index is 2.96. The lowest BCUT2D eigenvalue weighted by atomic mass is 9.97. The van der Waals surface area contributed by atoms with Crippen molar-refractivity contribution in [2.24, 2.45) is 0 Å². The summed E-state index contributed by atoms with van der Waals surface area (Å²) in [6.45, 7) is 2.23. The lowest BCUT2D eigenvalue weighted by Gasteiger charge is -2.26. The molecule has 3 atom stereocenters. The smallest absolute Gasteiger partial charge is 0.0129 e. The van der Waals surface area contributed by atoms with Gasteiger partial charge in [-0.2, -0.15) is 0 Å². The third kappa shape index (κ3) is 2.06. The molecule has 0 spiro atoms. The van der Waals surface area contributed by atoms with Gasteiger partial charge >= 0.3 is 0 Å². The predicted molar refractivity (Wildman–Crippen MR) is 62.7 cm³/mol. The first kappa shape index (κ1) is 10.2. The van der Waals surface area contributed by atoms with Gasteiger partial charge < -0.3 is 0 Å². The Labute approximate surface area is 79.6 Å². The molecule has 1 rings (SSSR count). The van der Waals surface area contributed by atoms with Gasteiger partial charge in [0, 0.05) is 5.16 Å². The maximum Gasteiger partial charge on any atom is 0.0129 e. The molecule has 0 bridgehead atoms. The van der Waals surface area contributed by atoms with Crippen molar-refractivity contribution in [1.29, 1.82) is 0 Å². The zero-order valence-corrected chi connectivity index (χ0v) is 9.77. The standard InChI is InChI=1S/C10H16P2/c1-2-10(12,8-11)9-6-4-3-5-7-9/h3-7H,2,8,11-12H2,1H3. The minimum Gasteiger partial charge on any atom is -0.136 e. The second-order valence-corrected chi connectivity index (χ2v) is 4.59. The Kier molecular flexibility index (Phi) is 3.69. The first-order valence-corrected chi connectivity index (χ1v) is 5.67. The van der Waals surface area contributed by atoms with Crippen LogP contribution >= 0.6 is 18.5 Å². The molecule has 0 aliphatic heterocycles. The zero-order chi connectivity index (χ0) is 9.03. The van der Waals surface area contributed by atoms with E-state index in [9.17, 15) is 0 Å². The molecule has 66 valence electrons. The van der Waals surface area contributed by atoms with Gasteiger partial charge in [0.05, 0.1) is 0 Å². The predicted octanol–water partition coefficient (Wildman–Crippen LogP) is 3.04. The van der Waals surface area contributed by atoms with E-state index in [1.54, 1.807) is 0 Å². The van der Waals surface area contributed by atoms with Crippen LogP contribution in [-0.2, 0) is 5.16 Å². The van der Waals surface area contributed by atoms with E-state index in [-0.39, 0.29) is 5.16 Å². The fourth-order valence-corrected chi connectivity index (χ4v) is 1.95. The van der Waals surface area contributed by atoms with Crippen LogP contribution in [0.5, 0.6) is 0 Å². The molecule has 1 aromatic rings. The van der Waals surface area contributed by atoms with Crippen molar-refractivity contribution < 1.29 is 0 Å². The lowest BCUT2D eigenvalue weighted by Crippen LogP contribution is -2.18. The Morgan fingerprint density at radius 1 is 1.25 bits per heavy atom. The van der Waals surface area contributed by atoms with E-state index in [0.29, 0.717) is 0 Å². The van der Waals surface area contributed by atoms with Crippen molar-refractivity contribution in [3.8, 4) is 0 Å². The fraction of sp³-hybridized carbons (Fsp3) is 0.400. The summed E-state index contributed by atoms with van der Waals surface area (Å²) in [4.78, 5) is 0. The maximum absolute atomic E-state index is 2.96. The summed E-state index contributed by atoms with van der Waals surface area (Å²) in [5.74, 6) is 0. The molecule has 1 aromatic carbocycles. The van der Waals surface area contributed by atoms with Crippen molar-refractivity contribution in [3.05, 3.63) is 35.9 Å². The van der Waals surface area contributed by atoms with Crippen LogP contribution in [0.25, 0.3) is 0 Å². The Balaban J connectivity index is 2.95. The molecule has 0 aliphatic rings. The number of benzene rings is 1. The van der Waals surface area contributed by atoms with Gasteiger partial charge in [0.25, 0.3) is 0 Å². The fourth-order valence-electron chi connectivity index (χ4n) is 1.24. The third-order valence-electron chi connectivity index (χ3n) is 2.34. The number of rotatable bonds is 3. The lowest BCUT2D eigenvalue weighted by molar-refractivity contribution is 0.675. The van der Waals surface area contributed by atoms with E-state index >= 15 is 0 Å². The van der Waals surface area contributed by atoms with Crippen LogP contribution in [0.1, 0.15) is 18.9 Å². The van der Waals surface area contributed by atoms with Crippen molar-refractivity contribution in [2.75, 3.05) is 6.16 Å². The normalized spacial score (nSPS) is 15.6. The van der Waals surface area contributed by atoms with Gasteiger partial charge in [0.2, 0.25) is 0 Å². The summed E-state index contributed by atoms with van der Waals surface area (Å²) in [6, 6.07) is 10.7. The second-order valence-electron chi connectivity index (χ2n) is 3.08. The Bertz CT molecular complexity index is 227. The molecule has 0 nitrogen and oxygen atoms in total. The molecule has 2 heteroatoms. The van der Waals surface area contributed by atoms with Crippen LogP contribution in [0.2, 0.25) is 0 Å².